The standard InChI is InChI=1S/C14H20FNOS/c1-10(18(2)17)9-16-14-5-3-4-11-8-12(15)6-7-13(11)14/h6-8,10,14,16H,3-5,9H2,1-2H3. The zero-order valence-electron chi connectivity index (χ0n) is 10.9. The van der Waals surface area contributed by atoms with Crippen LogP contribution >= 0.6 is 0 Å². The highest BCUT2D eigenvalue weighted by atomic mass is 32.2. The molecule has 0 spiro atoms. The molecule has 18 heavy (non-hydrogen) atoms. The minimum atomic E-state index is -0.799. The lowest BCUT2D eigenvalue weighted by Crippen LogP contribution is -2.32. The first-order chi connectivity index (χ1) is 8.58. The van der Waals surface area contributed by atoms with E-state index < -0.39 is 10.8 Å². The molecule has 1 aliphatic rings. The van der Waals surface area contributed by atoms with E-state index in [2.05, 4.69) is 5.32 Å². The monoisotopic (exact) mass is 269 g/mol. The molecule has 0 aliphatic heterocycles. The van der Waals surface area contributed by atoms with E-state index in [0.717, 1.165) is 31.4 Å². The lowest BCUT2D eigenvalue weighted by molar-refractivity contribution is 0.459. The maximum Gasteiger partial charge on any atom is 0.123 e. The zero-order valence-corrected chi connectivity index (χ0v) is 11.7. The van der Waals surface area contributed by atoms with E-state index in [0.29, 0.717) is 0 Å². The van der Waals surface area contributed by atoms with E-state index in [4.69, 9.17) is 0 Å². The summed E-state index contributed by atoms with van der Waals surface area (Å²) in [5.41, 5.74) is 2.32. The summed E-state index contributed by atoms with van der Waals surface area (Å²) >= 11 is 0. The fourth-order valence-electron chi connectivity index (χ4n) is 2.42. The average molecular weight is 269 g/mol. The van der Waals surface area contributed by atoms with Gasteiger partial charge >= 0.3 is 0 Å². The first-order valence-electron chi connectivity index (χ1n) is 6.42. The average Bonchev–Trinajstić information content (AvgIpc) is 2.35. The first-order valence-corrected chi connectivity index (χ1v) is 8.04. The first kappa shape index (κ1) is 13.7. The van der Waals surface area contributed by atoms with Crippen LogP contribution in [0.4, 0.5) is 4.39 Å². The van der Waals surface area contributed by atoms with Crippen LogP contribution < -0.4 is 5.32 Å². The van der Waals surface area contributed by atoms with Crippen molar-refractivity contribution in [1.29, 1.82) is 0 Å². The molecule has 0 fully saturated rings. The van der Waals surface area contributed by atoms with E-state index in [1.165, 1.54) is 11.6 Å². The molecule has 1 aromatic rings. The Balaban J connectivity index is 2.06. The predicted octanol–water partition coefficient (Wildman–Crippen LogP) is 2.56. The Bertz CT molecular complexity index is 449. The quantitative estimate of drug-likeness (QED) is 0.910. The van der Waals surface area contributed by atoms with Crippen molar-refractivity contribution in [1.82, 2.24) is 5.32 Å². The molecule has 0 radical (unpaired) electrons. The van der Waals surface area contributed by atoms with Gasteiger partial charge in [-0.25, -0.2) is 4.39 Å². The molecule has 0 saturated carbocycles. The van der Waals surface area contributed by atoms with Gasteiger partial charge in [0.1, 0.15) is 5.82 Å². The van der Waals surface area contributed by atoms with Crippen molar-refractivity contribution >= 4 is 10.8 Å². The maximum atomic E-state index is 13.2. The van der Waals surface area contributed by atoms with Crippen LogP contribution in [0.2, 0.25) is 0 Å². The van der Waals surface area contributed by atoms with Gasteiger partial charge in [0.05, 0.1) is 0 Å². The number of hydrogen-bond donors (Lipinski definition) is 1. The van der Waals surface area contributed by atoms with Crippen molar-refractivity contribution in [2.75, 3.05) is 12.8 Å². The van der Waals surface area contributed by atoms with E-state index in [1.807, 2.05) is 13.0 Å². The van der Waals surface area contributed by atoms with E-state index >= 15 is 0 Å². The summed E-state index contributed by atoms with van der Waals surface area (Å²) in [4.78, 5) is 0. The van der Waals surface area contributed by atoms with Gasteiger partial charge in [-0.3, -0.25) is 4.21 Å². The second-order valence-corrected chi connectivity index (χ2v) is 6.81. The molecule has 3 atom stereocenters. The van der Waals surface area contributed by atoms with Crippen LogP contribution in [0.15, 0.2) is 18.2 Å². The van der Waals surface area contributed by atoms with Gasteiger partial charge in [-0.15, -0.1) is 0 Å². The number of aryl methyl sites for hydroxylation is 1. The van der Waals surface area contributed by atoms with Crippen LogP contribution in [0.1, 0.15) is 36.9 Å². The SMILES string of the molecule is CC(CNC1CCCc2cc(F)ccc21)S(C)=O. The van der Waals surface area contributed by atoms with Gasteiger partial charge in [0, 0.05) is 34.9 Å². The molecular weight excluding hydrogens is 249 g/mol. The van der Waals surface area contributed by atoms with Gasteiger partial charge in [0.2, 0.25) is 0 Å². The molecule has 0 bridgehead atoms. The van der Waals surface area contributed by atoms with Crippen molar-refractivity contribution in [2.24, 2.45) is 0 Å². The fraction of sp³-hybridized carbons (Fsp3) is 0.571. The van der Waals surface area contributed by atoms with Gasteiger partial charge in [-0.1, -0.05) is 6.07 Å². The Kier molecular flexibility index (Phi) is 4.51. The van der Waals surface area contributed by atoms with Crippen LogP contribution in [0.3, 0.4) is 0 Å². The Morgan fingerprint density at radius 3 is 3.06 bits per heavy atom. The summed E-state index contributed by atoms with van der Waals surface area (Å²) in [6, 6.07) is 5.33. The van der Waals surface area contributed by atoms with Gasteiger partial charge in [0.25, 0.3) is 0 Å². The van der Waals surface area contributed by atoms with Crippen LogP contribution in [0.25, 0.3) is 0 Å². The highest BCUT2D eigenvalue weighted by molar-refractivity contribution is 7.84. The van der Waals surface area contributed by atoms with Gasteiger partial charge in [-0.2, -0.15) is 0 Å². The summed E-state index contributed by atoms with van der Waals surface area (Å²) in [6.07, 6.45) is 4.84. The molecule has 2 nitrogen and oxygen atoms in total. The van der Waals surface area contributed by atoms with Gasteiger partial charge in [0.15, 0.2) is 0 Å². The van der Waals surface area contributed by atoms with Crippen molar-refractivity contribution in [3.63, 3.8) is 0 Å². The second-order valence-electron chi connectivity index (χ2n) is 5.01. The number of benzene rings is 1. The molecular formula is C14H20FNOS. The van der Waals surface area contributed by atoms with Gasteiger partial charge in [-0.05, 0) is 49.4 Å². The molecule has 0 heterocycles. The molecule has 0 aromatic heterocycles. The molecule has 3 unspecified atom stereocenters. The normalized spacial score (nSPS) is 22.3. The molecule has 2 rings (SSSR count). The highest BCUT2D eigenvalue weighted by Crippen LogP contribution is 2.30. The number of hydrogen-bond acceptors (Lipinski definition) is 2. The molecule has 1 aromatic carbocycles. The summed E-state index contributed by atoms with van der Waals surface area (Å²) < 4.78 is 24.5. The summed E-state index contributed by atoms with van der Waals surface area (Å²) in [5, 5.41) is 3.61. The van der Waals surface area contributed by atoms with Crippen LogP contribution in [-0.2, 0) is 17.2 Å². The summed E-state index contributed by atoms with van der Waals surface area (Å²) in [6.45, 7) is 2.72. The molecule has 0 saturated heterocycles. The van der Waals surface area contributed by atoms with Gasteiger partial charge < -0.3 is 5.32 Å². The van der Waals surface area contributed by atoms with Crippen molar-refractivity contribution < 1.29 is 8.60 Å². The lowest BCUT2D eigenvalue weighted by Gasteiger charge is -2.27. The topological polar surface area (TPSA) is 29.1 Å². The van der Waals surface area contributed by atoms with Crippen molar-refractivity contribution in [2.45, 2.75) is 37.5 Å². The second kappa shape index (κ2) is 5.93. The molecule has 0 amide bonds. The summed E-state index contributed by atoms with van der Waals surface area (Å²) in [5.74, 6) is -0.155. The molecule has 1 aliphatic carbocycles. The highest BCUT2D eigenvalue weighted by Gasteiger charge is 2.21. The van der Waals surface area contributed by atoms with Crippen molar-refractivity contribution in [3.05, 3.63) is 35.1 Å². The smallest absolute Gasteiger partial charge is 0.123 e. The number of rotatable bonds is 4. The third-order valence-electron chi connectivity index (χ3n) is 3.64. The van der Waals surface area contributed by atoms with E-state index in [9.17, 15) is 8.60 Å². The Labute approximate surface area is 110 Å². The number of halogens is 1. The maximum absolute atomic E-state index is 13.2. The Morgan fingerprint density at radius 1 is 1.56 bits per heavy atom. The van der Waals surface area contributed by atoms with E-state index in [-0.39, 0.29) is 17.1 Å². The lowest BCUT2D eigenvalue weighted by atomic mass is 9.87. The minimum Gasteiger partial charge on any atom is -0.309 e. The largest absolute Gasteiger partial charge is 0.309 e. The third kappa shape index (κ3) is 3.18. The minimum absolute atomic E-state index is 0.149. The van der Waals surface area contributed by atoms with E-state index in [1.54, 1.807) is 12.3 Å². The fourth-order valence-corrected chi connectivity index (χ4v) is 2.75. The van der Waals surface area contributed by atoms with Crippen LogP contribution in [0.5, 0.6) is 0 Å². The Morgan fingerprint density at radius 2 is 2.33 bits per heavy atom. The van der Waals surface area contributed by atoms with Crippen LogP contribution in [0, 0.1) is 5.82 Å². The number of fused-ring (bicyclic) bond motifs is 1. The molecule has 4 heteroatoms. The predicted molar refractivity (Wildman–Crippen MR) is 73.6 cm³/mol. The molecule has 1 N–H and O–H groups in total. The van der Waals surface area contributed by atoms with Crippen molar-refractivity contribution in [3.8, 4) is 0 Å². The summed E-state index contributed by atoms with van der Waals surface area (Å²) in [7, 11) is -0.799. The zero-order chi connectivity index (χ0) is 13.1. The Hall–Kier alpha value is -0.740. The third-order valence-corrected chi connectivity index (χ3v) is 4.94. The molecule has 100 valence electrons. The number of nitrogens with one attached hydrogen (secondary N) is 1. The van der Waals surface area contributed by atoms with Crippen LogP contribution in [-0.4, -0.2) is 22.3 Å².